The van der Waals surface area contributed by atoms with Crippen molar-refractivity contribution in [2.24, 2.45) is 0 Å². The van der Waals surface area contributed by atoms with E-state index in [1.54, 1.807) is 48.7 Å². The maximum absolute atomic E-state index is 15.9. The van der Waals surface area contributed by atoms with Crippen LogP contribution in [-0.4, -0.2) is 46.9 Å². The van der Waals surface area contributed by atoms with Crippen LogP contribution in [0.2, 0.25) is 0 Å². The Kier molecular flexibility index (Phi) is 10.5. The Balaban J connectivity index is 1.60. The minimum absolute atomic E-state index is 0.00969. The molecule has 0 radical (unpaired) electrons. The number of aromatic nitrogens is 2. The topological polar surface area (TPSA) is 108 Å². The quantitative estimate of drug-likeness (QED) is 0.152. The maximum atomic E-state index is 15.9. The van der Waals surface area contributed by atoms with Crippen molar-refractivity contribution in [3.8, 4) is 17.0 Å². The van der Waals surface area contributed by atoms with Crippen molar-refractivity contribution in [1.82, 2.24) is 14.9 Å². The van der Waals surface area contributed by atoms with Crippen molar-refractivity contribution < 1.29 is 18.7 Å². The number of amides is 2. The van der Waals surface area contributed by atoms with Crippen molar-refractivity contribution in [3.63, 3.8) is 0 Å². The van der Waals surface area contributed by atoms with Gasteiger partial charge in [0.25, 0.3) is 5.91 Å². The summed E-state index contributed by atoms with van der Waals surface area (Å²) in [5.74, 6) is -0.586. The van der Waals surface area contributed by atoms with E-state index in [4.69, 9.17) is 4.74 Å². The van der Waals surface area contributed by atoms with Gasteiger partial charge in [-0.25, -0.2) is 14.4 Å². The van der Waals surface area contributed by atoms with Crippen LogP contribution in [-0.2, 0) is 11.3 Å². The smallest absolute Gasteiger partial charge is 0.255 e. The molecule has 0 fully saturated rings. The van der Waals surface area contributed by atoms with Gasteiger partial charge in [0.1, 0.15) is 5.75 Å². The molecule has 0 aliphatic carbocycles. The molecule has 3 N–H and O–H groups in total. The number of nitrogens with zero attached hydrogens (tertiary/aromatic N) is 3. The third-order valence-electron chi connectivity index (χ3n) is 6.48. The average molecular weight is 583 g/mol. The minimum Gasteiger partial charge on any atom is -0.494 e. The number of halogens is 1. The van der Waals surface area contributed by atoms with E-state index in [1.807, 2.05) is 45.2 Å². The van der Waals surface area contributed by atoms with Crippen LogP contribution in [0, 0.1) is 5.82 Å². The average Bonchev–Trinajstić information content (AvgIpc) is 3.02. The third kappa shape index (κ3) is 8.46. The lowest BCUT2D eigenvalue weighted by atomic mass is 10.1. The molecular weight excluding hydrogens is 547 g/mol. The molecular formula is C33H35FN6O3. The van der Waals surface area contributed by atoms with Crippen molar-refractivity contribution >= 4 is 34.8 Å². The van der Waals surface area contributed by atoms with Crippen LogP contribution >= 0.6 is 0 Å². The first-order valence-electron chi connectivity index (χ1n) is 14.0. The molecule has 10 heteroatoms. The Hall–Kier alpha value is -5.09. The fraction of sp³-hybridized carbons (Fsp3) is 0.212. The summed E-state index contributed by atoms with van der Waals surface area (Å²) in [6, 6.07) is 18.9. The number of nitrogens with one attached hydrogen (secondary N) is 3. The summed E-state index contributed by atoms with van der Waals surface area (Å²) in [6.07, 6.45) is 3.65. The lowest BCUT2D eigenvalue weighted by molar-refractivity contribution is -0.111. The Bertz CT molecular complexity index is 1590. The number of carbonyl (C=O) groups is 2. The monoisotopic (exact) mass is 582 g/mol. The zero-order chi connectivity index (χ0) is 30.8. The number of hydrogen-bond acceptors (Lipinski definition) is 7. The summed E-state index contributed by atoms with van der Waals surface area (Å²) >= 11 is 0. The number of anilines is 4. The molecule has 9 nitrogen and oxygen atoms in total. The molecule has 0 saturated heterocycles. The van der Waals surface area contributed by atoms with Gasteiger partial charge in [-0.05, 0) is 86.3 Å². The molecule has 4 rings (SSSR count). The molecule has 43 heavy (non-hydrogen) atoms. The Morgan fingerprint density at radius 3 is 2.51 bits per heavy atom. The van der Waals surface area contributed by atoms with Gasteiger partial charge < -0.3 is 25.6 Å². The highest BCUT2D eigenvalue weighted by atomic mass is 19.1. The largest absolute Gasteiger partial charge is 0.494 e. The Morgan fingerprint density at radius 2 is 1.79 bits per heavy atom. The molecule has 0 unspecified atom stereocenters. The van der Waals surface area contributed by atoms with Gasteiger partial charge in [-0.15, -0.1) is 0 Å². The normalized spacial score (nSPS) is 10.7. The fourth-order valence-corrected chi connectivity index (χ4v) is 4.14. The van der Waals surface area contributed by atoms with Crippen LogP contribution in [0.3, 0.4) is 0 Å². The van der Waals surface area contributed by atoms with Crippen LogP contribution in [0.5, 0.6) is 5.75 Å². The van der Waals surface area contributed by atoms with Crippen LogP contribution < -0.4 is 20.7 Å². The molecule has 1 heterocycles. The number of hydrogen-bond donors (Lipinski definition) is 3. The van der Waals surface area contributed by atoms with Crippen LogP contribution in [0.15, 0.2) is 85.6 Å². The first-order valence-corrected chi connectivity index (χ1v) is 14.0. The van der Waals surface area contributed by atoms with Crippen molar-refractivity contribution in [3.05, 3.63) is 103 Å². The van der Waals surface area contributed by atoms with Crippen molar-refractivity contribution in [2.75, 3.05) is 36.1 Å². The molecule has 4 aromatic rings. The lowest BCUT2D eigenvalue weighted by Crippen LogP contribution is -2.18. The highest BCUT2D eigenvalue weighted by Crippen LogP contribution is 2.29. The Morgan fingerprint density at radius 1 is 1.02 bits per heavy atom. The van der Waals surface area contributed by atoms with Gasteiger partial charge in [0, 0.05) is 29.6 Å². The van der Waals surface area contributed by atoms with Crippen LogP contribution in [0.1, 0.15) is 36.2 Å². The molecule has 0 aliphatic rings. The molecule has 0 aliphatic heterocycles. The van der Waals surface area contributed by atoms with Gasteiger partial charge >= 0.3 is 0 Å². The molecule has 2 amide bonds. The van der Waals surface area contributed by atoms with Crippen LogP contribution in [0.25, 0.3) is 11.3 Å². The molecule has 0 saturated carbocycles. The second-order valence-corrected chi connectivity index (χ2v) is 9.83. The summed E-state index contributed by atoms with van der Waals surface area (Å²) in [6.45, 7) is 9.40. The molecule has 1 aromatic heterocycles. The second-order valence-electron chi connectivity index (χ2n) is 9.83. The summed E-state index contributed by atoms with van der Waals surface area (Å²) < 4.78 is 21.6. The molecule has 3 aromatic carbocycles. The first kappa shape index (κ1) is 30.9. The Labute approximate surface area is 250 Å². The second kappa shape index (κ2) is 14.7. The van der Waals surface area contributed by atoms with E-state index in [-0.39, 0.29) is 23.2 Å². The highest BCUT2D eigenvalue weighted by Gasteiger charge is 2.17. The summed E-state index contributed by atoms with van der Waals surface area (Å²) in [4.78, 5) is 35.6. The summed E-state index contributed by atoms with van der Waals surface area (Å²) in [7, 11) is 1.95. The van der Waals surface area contributed by atoms with E-state index in [2.05, 4.69) is 37.4 Å². The number of carbonyl (C=O) groups excluding carboxylic acids is 2. The molecule has 222 valence electrons. The van der Waals surface area contributed by atoms with E-state index in [0.717, 1.165) is 35.9 Å². The van der Waals surface area contributed by atoms with Gasteiger partial charge in [-0.2, -0.15) is 0 Å². The van der Waals surface area contributed by atoms with Gasteiger partial charge in [0.2, 0.25) is 11.9 Å². The van der Waals surface area contributed by atoms with E-state index in [0.29, 0.717) is 30.1 Å². The van der Waals surface area contributed by atoms with Gasteiger partial charge in [0.05, 0.1) is 23.7 Å². The highest BCUT2D eigenvalue weighted by molar-refractivity contribution is 6.05. The minimum atomic E-state index is -0.657. The van der Waals surface area contributed by atoms with E-state index >= 15 is 4.39 Å². The van der Waals surface area contributed by atoms with Gasteiger partial charge in [-0.1, -0.05) is 32.6 Å². The number of ether oxygens (including phenoxy) is 1. The standard InChI is InChI=1S/C33H35FN6O3/c1-5-17-43-26-10-8-9-24(20-26)27-15-16-35-33(38-27)39-29-19-22(21-40(4)7-3)18-28(31(29)34)37-32(42)23-11-13-25(14-12-23)36-30(41)6-2/h6,8-16,18-20H,2,5,7,17,21H2,1,3-4H3,(H,36,41)(H,37,42)(H,35,38,39). The van der Waals surface area contributed by atoms with E-state index < -0.39 is 11.7 Å². The van der Waals surface area contributed by atoms with Gasteiger partial charge in [-0.3, -0.25) is 9.59 Å². The van der Waals surface area contributed by atoms with Crippen LogP contribution in [0.4, 0.5) is 27.4 Å². The van der Waals surface area contributed by atoms with Crippen molar-refractivity contribution in [1.29, 1.82) is 0 Å². The summed E-state index contributed by atoms with van der Waals surface area (Å²) in [5.41, 5.74) is 3.19. The number of benzene rings is 3. The number of rotatable bonds is 13. The lowest BCUT2D eigenvalue weighted by Gasteiger charge is -2.18. The molecule has 0 atom stereocenters. The zero-order valence-corrected chi connectivity index (χ0v) is 24.5. The molecule has 0 bridgehead atoms. The third-order valence-corrected chi connectivity index (χ3v) is 6.48. The van der Waals surface area contributed by atoms with E-state index in [1.165, 1.54) is 0 Å². The predicted octanol–water partition coefficient (Wildman–Crippen LogP) is 6.64. The first-order chi connectivity index (χ1) is 20.8. The zero-order valence-electron chi connectivity index (χ0n) is 24.5. The SMILES string of the molecule is C=CC(=O)Nc1ccc(C(=O)Nc2cc(CN(C)CC)cc(Nc3nccc(-c4cccc(OCCC)c4)n3)c2F)cc1. The van der Waals surface area contributed by atoms with E-state index in [9.17, 15) is 9.59 Å². The predicted molar refractivity (Wildman–Crippen MR) is 168 cm³/mol. The van der Waals surface area contributed by atoms with Crippen molar-refractivity contribution in [2.45, 2.75) is 26.8 Å². The van der Waals surface area contributed by atoms with Gasteiger partial charge in [0.15, 0.2) is 5.82 Å². The molecule has 0 spiro atoms. The fourth-order valence-electron chi connectivity index (χ4n) is 4.14. The summed E-state index contributed by atoms with van der Waals surface area (Å²) in [5, 5.41) is 8.31. The maximum Gasteiger partial charge on any atom is 0.255 e.